The van der Waals surface area contributed by atoms with Crippen LogP contribution in [0, 0.1) is 13.8 Å². The lowest BCUT2D eigenvalue weighted by Crippen LogP contribution is -2.13. The summed E-state index contributed by atoms with van der Waals surface area (Å²) in [5.74, 6) is -0.0821. The zero-order chi connectivity index (χ0) is 14.9. The van der Waals surface area contributed by atoms with Gasteiger partial charge in [0, 0.05) is 7.05 Å². The summed E-state index contributed by atoms with van der Waals surface area (Å²) in [5, 5.41) is 9.11. The van der Waals surface area contributed by atoms with Crippen LogP contribution in [0.2, 0.25) is 0 Å². The molecule has 0 spiro atoms. The zero-order valence-corrected chi connectivity index (χ0v) is 12.6. The monoisotopic (exact) mass is 294 g/mol. The fourth-order valence-corrected chi connectivity index (χ4v) is 3.91. The molecule has 0 unspecified atom stereocenters. The lowest BCUT2D eigenvalue weighted by Gasteiger charge is -2.10. The van der Waals surface area contributed by atoms with Crippen molar-refractivity contribution in [3.63, 3.8) is 0 Å². The van der Waals surface area contributed by atoms with Crippen molar-refractivity contribution in [3.8, 4) is 0 Å². The van der Waals surface area contributed by atoms with Crippen molar-refractivity contribution in [2.24, 2.45) is 7.05 Å². The van der Waals surface area contributed by atoms with Crippen molar-refractivity contribution >= 4 is 9.84 Å². The van der Waals surface area contributed by atoms with E-state index in [1.807, 2.05) is 32.0 Å². The number of nitrogens with zero attached hydrogens (tertiary/aromatic N) is 2. The lowest BCUT2D eigenvalue weighted by molar-refractivity contribution is 0.271. The van der Waals surface area contributed by atoms with Crippen LogP contribution in [-0.2, 0) is 29.2 Å². The second-order valence-corrected chi connectivity index (χ2v) is 6.76. The second-order valence-electron chi connectivity index (χ2n) is 4.88. The van der Waals surface area contributed by atoms with Gasteiger partial charge in [0.05, 0.1) is 24.3 Å². The van der Waals surface area contributed by atoms with Crippen LogP contribution in [0.4, 0.5) is 0 Å². The largest absolute Gasteiger partial charge is 0.390 e. The molecule has 0 bridgehead atoms. The van der Waals surface area contributed by atoms with Gasteiger partial charge in [0.25, 0.3) is 0 Å². The normalized spacial score (nSPS) is 11.8. The van der Waals surface area contributed by atoms with E-state index in [-0.39, 0.29) is 17.5 Å². The van der Waals surface area contributed by atoms with Crippen LogP contribution >= 0.6 is 0 Å². The summed E-state index contributed by atoms with van der Waals surface area (Å²) in [6, 6.07) is 5.70. The lowest BCUT2D eigenvalue weighted by atomic mass is 10.1. The minimum Gasteiger partial charge on any atom is -0.390 e. The van der Waals surface area contributed by atoms with E-state index in [4.69, 9.17) is 5.11 Å². The molecule has 0 fully saturated rings. The van der Waals surface area contributed by atoms with E-state index in [9.17, 15) is 8.42 Å². The predicted octanol–water partition coefficient (Wildman–Crippen LogP) is 1.50. The van der Waals surface area contributed by atoms with E-state index in [0.717, 1.165) is 16.7 Å². The molecule has 1 N–H and O–H groups in total. The maximum Gasteiger partial charge on any atom is 0.227 e. The molecule has 108 valence electrons. The van der Waals surface area contributed by atoms with Gasteiger partial charge in [-0.1, -0.05) is 18.2 Å². The highest BCUT2D eigenvalue weighted by atomic mass is 32.2. The quantitative estimate of drug-likeness (QED) is 0.927. The Morgan fingerprint density at radius 1 is 1.25 bits per heavy atom. The number of benzene rings is 1. The number of sulfone groups is 1. The molecule has 0 saturated carbocycles. The first-order valence-electron chi connectivity index (χ1n) is 6.26. The Labute approximate surface area is 118 Å². The molecule has 20 heavy (non-hydrogen) atoms. The molecular formula is C14H18N2O3S. The molecule has 1 aromatic carbocycles. The SMILES string of the molecule is Cc1cccc(C)c1CS(=O)(=O)c1ncc(CO)n1C. The molecule has 0 saturated heterocycles. The summed E-state index contributed by atoms with van der Waals surface area (Å²) in [4.78, 5) is 3.93. The number of aliphatic hydroxyl groups is 1. The first-order valence-corrected chi connectivity index (χ1v) is 7.91. The number of aromatic nitrogens is 2. The first kappa shape index (κ1) is 14.7. The average Bonchev–Trinajstić information content (AvgIpc) is 2.76. The summed E-state index contributed by atoms with van der Waals surface area (Å²) in [7, 11) is -1.94. The van der Waals surface area contributed by atoms with Crippen molar-refractivity contribution in [1.82, 2.24) is 9.55 Å². The van der Waals surface area contributed by atoms with Crippen molar-refractivity contribution in [2.45, 2.75) is 31.4 Å². The first-order chi connectivity index (χ1) is 9.36. The van der Waals surface area contributed by atoms with Gasteiger partial charge in [0.2, 0.25) is 15.0 Å². The van der Waals surface area contributed by atoms with Gasteiger partial charge in [-0.05, 0) is 30.5 Å². The molecule has 0 aliphatic carbocycles. The molecule has 0 amide bonds. The second kappa shape index (κ2) is 5.38. The van der Waals surface area contributed by atoms with Gasteiger partial charge < -0.3 is 9.67 Å². The minimum atomic E-state index is -3.54. The molecule has 5 nitrogen and oxygen atoms in total. The Balaban J connectivity index is 2.44. The van der Waals surface area contributed by atoms with Gasteiger partial charge in [-0.2, -0.15) is 0 Å². The predicted molar refractivity (Wildman–Crippen MR) is 75.9 cm³/mol. The van der Waals surface area contributed by atoms with Gasteiger partial charge in [-0.3, -0.25) is 0 Å². The number of hydrogen-bond donors (Lipinski definition) is 1. The van der Waals surface area contributed by atoms with Gasteiger partial charge in [0.15, 0.2) is 0 Å². The van der Waals surface area contributed by atoms with Crippen LogP contribution in [0.15, 0.2) is 29.6 Å². The van der Waals surface area contributed by atoms with E-state index >= 15 is 0 Å². The van der Waals surface area contributed by atoms with E-state index < -0.39 is 9.84 Å². The Morgan fingerprint density at radius 2 is 1.85 bits per heavy atom. The molecule has 0 aliphatic heterocycles. The Bertz CT molecular complexity index is 713. The van der Waals surface area contributed by atoms with Gasteiger partial charge in [0.1, 0.15) is 0 Å². The van der Waals surface area contributed by atoms with Crippen LogP contribution in [0.25, 0.3) is 0 Å². The van der Waals surface area contributed by atoms with Crippen LogP contribution in [0.1, 0.15) is 22.4 Å². The fourth-order valence-electron chi connectivity index (χ4n) is 2.19. The molecule has 1 heterocycles. The highest BCUT2D eigenvalue weighted by Gasteiger charge is 2.23. The Hall–Kier alpha value is -1.66. The third-order valence-corrected chi connectivity index (χ3v) is 5.07. The highest BCUT2D eigenvalue weighted by molar-refractivity contribution is 7.90. The van der Waals surface area contributed by atoms with Gasteiger partial charge >= 0.3 is 0 Å². The van der Waals surface area contributed by atoms with E-state index in [1.54, 1.807) is 7.05 Å². The van der Waals surface area contributed by atoms with Crippen LogP contribution < -0.4 is 0 Å². The summed E-state index contributed by atoms with van der Waals surface area (Å²) in [6.45, 7) is 3.56. The zero-order valence-electron chi connectivity index (χ0n) is 11.8. The molecule has 2 aromatic rings. The van der Waals surface area contributed by atoms with Crippen molar-refractivity contribution in [1.29, 1.82) is 0 Å². The van der Waals surface area contributed by atoms with Crippen LogP contribution in [0.5, 0.6) is 0 Å². The van der Waals surface area contributed by atoms with E-state index in [2.05, 4.69) is 4.98 Å². The van der Waals surface area contributed by atoms with Crippen molar-refractivity contribution < 1.29 is 13.5 Å². The fraction of sp³-hybridized carbons (Fsp3) is 0.357. The summed E-state index contributed by atoms with van der Waals surface area (Å²) in [6.07, 6.45) is 1.39. The molecule has 0 aliphatic rings. The van der Waals surface area contributed by atoms with Crippen molar-refractivity contribution in [3.05, 3.63) is 46.8 Å². The average molecular weight is 294 g/mol. The number of aliphatic hydroxyl groups excluding tert-OH is 1. The highest BCUT2D eigenvalue weighted by Crippen LogP contribution is 2.21. The number of hydrogen-bond acceptors (Lipinski definition) is 4. The van der Waals surface area contributed by atoms with Gasteiger partial charge in [-0.15, -0.1) is 0 Å². The maximum absolute atomic E-state index is 12.5. The van der Waals surface area contributed by atoms with Gasteiger partial charge in [-0.25, -0.2) is 13.4 Å². The molecule has 6 heteroatoms. The third-order valence-electron chi connectivity index (χ3n) is 3.46. The van der Waals surface area contributed by atoms with Crippen LogP contribution in [0.3, 0.4) is 0 Å². The molecule has 1 aromatic heterocycles. The van der Waals surface area contributed by atoms with Crippen molar-refractivity contribution in [2.75, 3.05) is 0 Å². The van der Waals surface area contributed by atoms with E-state index in [0.29, 0.717) is 5.69 Å². The smallest absolute Gasteiger partial charge is 0.227 e. The maximum atomic E-state index is 12.5. The summed E-state index contributed by atoms with van der Waals surface area (Å²) < 4.78 is 26.4. The molecular weight excluding hydrogens is 276 g/mol. The Morgan fingerprint density at radius 3 is 2.35 bits per heavy atom. The molecule has 0 radical (unpaired) electrons. The Kier molecular flexibility index (Phi) is 3.96. The number of aryl methyl sites for hydroxylation is 2. The summed E-state index contributed by atoms with van der Waals surface area (Å²) >= 11 is 0. The molecule has 2 rings (SSSR count). The number of imidazole rings is 1. The molecule has 0 atom stereocenters. The van der Waals surface area contributed by atoms with Crippen LogP contribution in [-0.4, -0.2) is 23.1 Å². The van der Waals surface area contributed by atoms with E-state index in [1.165, 1.54) is 10.8 Å². The topological polar surface area (TPSA) is 72.2 Å². The summed E-state index contributed by atoms with van der Waals surface area (Å²) in [5.41, 5.74) is 3.18. The third kappa shape index (κ3) is 2.62. The number of rotatable bonds is 4. The minimum absolute atomic E-state index is 0.01000. The standard InChI is InChI=1S/C14H18N2O3S/c1-10-5-4-6-11(2)13(10)9-20(18,19)14-15-7-12(8-17)16(14)3/h4-7,17H,8-9H2,1-3H3.